The number of anilines is 1. The van der Waals surface area contributed by atoms with E-state index in [1.165, 1.54) is 7.11 Å². The highest BCUT2D eigenvalue weighted by Gasteiger charge is 2.06. The van der Waals surface area contributed by atoms with E-state index in [0.717, 1.165) is 5.69 Å². The van der Waals surface area contributed by atoms with Crippen molar-refractivity contribution in [3.63, 3.8) is 0 Å². The Morgan fingerprint density at radius 3 is 2.64 bits per heavy atom. The molecule has 1 rings (SSSR count). The monoisotopic (exact) mass is 212 g/mol. The minimum Gasteiger partial charge on any atom is -0.464 e. The number of methoxy groups -OCH3 is 1. The Labute approximate surface area is 86.5 Å². The predicted octanol–water partition coefficient (Wildman–Crippen LogP) is 1.82. The maximum atomic E-state index is 10.8. The fourth-order valence-electron chi connectivity index (χ4n) is 0.756. The van der Waals surface area contributed by atoms with Crippen LogP contribution in [0.3, 0.4) is 0 Å². The quantitative estimate of drug-likeness (QED) is 0.473. The van der Waals surface area contributed by atoms with Gasteiger partial charge in [-0.3, -0.25) is 5.43 Å². The van der Waals surface area contributed by atoms with E-state index in [0.29, 0.717) is 0 Å². The summed E-state index contributed by atoms with van der Waals surface area (Å²) in [5, 5.41) is 3.38. The van der Waals surface area contributed by atoms with Gasteiger partial charge in [-0.25, -0.2) is 4.79 Å². The fraction of sp³-hybridized carbons (Fsp3) is 0.111. The summed E-state index contributed by atoms with van der Waals surface area (Å²) in [7, 11) is 1.24. The third-order valence-electron chi connectivity index (χ3n) is 1.41. The molecule has 0 unspecified atom stereocenters. The number of hydrazone groups is 1. The molecule has 1 aromatic rings. The maximum absolute atomic E-state index is 10.8. The molecule has 0 saturated carbocycles. The highest BCUT2D eigenvalue weighted by Crippen LogP contribution is 2.05. The molecule has 0 heterocycles. The molecular formula is C9H9ClN2O2. The van der Waals surface area contributed by atoms with Gasteiger partial charge in [0.2, 0.25) is 5.17 Å². The summed E-state index contributed by atoms with van der Waals surface area (Å²) < 4.78 is 4.36. The minimum atomic E-state index is -0.671. The number of carbonyl (C=O) groups excluding carboxylic acids is 1. The minimum absolute atomic E-state index is 0.239. The Kier molecular flexibility index (Phi) is 3.94. The molecule has 4 nitrogen and oxygen atoms in total. The molecule has 5 heteroatoms. The van der Waals surface area contributed by atoms with Gasteiger partial charge in [-0.1, -0.05) is 29.8 Å². The molecule has 0 radical (unpaired) electrons. The van der Waals surface area contributed by atoms with E-state index in [1.54, 1.807) is 12.1 Å². The van der Waals surface area contributed by atoms with E-state index >= 15 is 0 Å². The summed E-state index contributed by atoms with van der Waals surface area (Å²) in [6.07, 6.45) is 0. The number of hydrogen-bond acceptors (Lipinski definition) is 4. The number of rotatable bonds is 3. The molecule has 0 bridgehead atoms. The van der Waals surface area contributed by atoms with E-state index in [9.17, 15) is 4.79 Å². The van der Waals surface area contributed by atoms with Crippen LogP contribution in [0.2, 0.25) is 0 Å². The molecule has 14 heavy (non-hydrogen) atoms. The SMILES string of the molecule is COC(=O)/C(Cl)=N/Nc1ccccc1. The standard InChI is InChI=1S/C9H9ClN2O2/c1-14-9(13)8(10)12-11-7-5-3-2-4-6-7/h2-6,11H,1H3/b12-8-. The zero-order valence-corrected chi connectivity index (χ0v) is 8.28. The lowest BCUT2D eigenvalue weighted by atomic mass is 10.3. The van der Waals surface area contributed by atoms with Crippen molar-refractivity contribution in [1.82, 2.24) is 0 Å². The van der Waals surface area contributed by atoms with Crippen LogP contribution in [0, 0.1) is 0 Å². The number of benzene rings is 1. The van der Waals surface area contributed by atoms with Gasteiger partial charge in [0.1, 0.15) is 0 Å². The molecule has 0 aliphatic carbocycles. The van der Waals surface area contributed by atoms with E-state index in [4.69, 9.17) is 11.6 Å². The van der Waals surface area contributed by atoms with Crippen molar-refractivity contribution in [2.45, 2.75) is 0 Å². The predicted molar refractivity (Wildman–Crippen MR) is 55.4 cm³/mol. The Hall–Kier alpha value is -1.55. The second-order valence-electron chi connectivity index (χ2n) is 2.37. The van der Waals surface area contributed by atoms with Crippen LogP contribution in [0.1, 0.15) is 0 Å². The Morgan fingerprint density at radius 2 is 2.07 bits per heavy atom. The van der Waals surface area contributed by atoms with Crippen LogP contribution in [0.4, 0.5) is 5.69 Å². The second-order valence-corrected chi connectivity index (χ2v) is 2.73. The van der Waals surface area contributed by atoms with E-state index < -0.39 is 5.97 Å². The van der Waals surface area contributed by atoms with Crippen LogP contribution in [0.5, 0.6) is 0 Å². The number of hydrogen-bond donors (Lipinski definition) is 1. The molecule has 0 aliphatic heterocycles. The molecule has 0 saturated heterocycles. The van der Waals surface area contributed by atoms with Gasteiger partial charge in [0.05, 0.1) is 12.8 Å². The lowest BCUT2D eigenvalue weighted by Crippen LogP contribution is -2.11. The molecule has 0 fully saturated rings. The zero-order chi connectivity index (χ0) is 10.4. The van der Waals surface area contributed by atoms with E-state index in [2.05, 4.69) is 15.3 Å². The summed E-state index contributed by atoms with van der Waals surface area (Å²) in [4.78, 5) is 10.8. The van der Waals surface area contributed by atoms with E-state index in [-0.39, 0.29) is 5.17 Å². The summed E-state index contributed by atoms with van der Waals surface area (Å²) in [5.74, 6) is -0.671. The summed E-state index contributed by atoms with van der Waals surface area (Å²) in [6, 6.07) is 9.14. The van der Waals surface area contributed by atoms with Crippen molar-refractivity contribution in [3.05, 3.63) is 30.3 Å². The first kappa shape index (κ1) is 10.5. The number of nitrogens with one attached hydrogen (secondary N) is 1. The summed E-state index contributed by atoms with van der Waals surface area (Å²) in [6.45, 7) is 0. The van der Waals surface area contributed by atoms with Gasteiger partial charge in [0.15, 0.2) is 0 Å². The third kappa shape index (κ3) is 3.06. The van der Waals surface area contributed by atoms with Crippen molar-refractivity contribution < 1.29 is 9.53 Å². The number of halogens is 1. The lowest BCUT2D eigenvalue weighted by molar-refractivity contribution is -0.132. The second kappa shape index (κ2) is 5.24. The van der Waals surface area contributed by atoms with Crippen LogP contribution >= 0.6 is 11.6 Å². The molecule has 1 aromatic carbocycles. The number of ether oxygens (including phenoxy) is 1. The average molecular weight is 213 g/mol. The van der Waals surface area contributed by atoms with Crippen LogP contribution in [-0.4, -0.2) is 18.2 Å². The van der Waals surface area contributed by atoms with Crippen molar-refractivity contribution in [3.8, 4) is 0 Å². The zero-order valence-electron chi connectivity index (χ0n) is 7.53. The summed E-state index contributed by atoms with van der Waals surface area (Å²) in [5.41, 5.74) is 3.36. The van der Waals surface area contributed by atoms with Gasteiger partial charge in [-0.05, 0) is 12.1 Å². The van der Waals surface area contributed by atoms with Crippen molar-refractivity contribution >= 4 is 28.4 Å². The van der Waals surface area contributed by atoms with Crippen LogP contribution < -0.4 is 5.43 Å². The average Bonchev–Trinajstić information content (AvgIpc) is 2.26. The van der Waals surface area contributed by atoms with Crippen LogP contribution in [0.25, 0.3) is 0 Å². The van der Waals surface area contributed by atoms with E-state index in [1.807, 2.05) is 18.2 Å². The third-order valence-corrected chi connectivity index (χ3v) is 1.65. The molecule has 74 valence electrons. The Balaban J connectivity index is 2.59. The lowest BCUT2D eigenvalue weighted by Gasteiger charge is -1.99. The van der Waals surface area contributed by atoms with Crippen molar-refractivity contribution in [1.29, 1.82) is 0 Å². The molecule has 0 aromatic heterocycles. The topological polar surface area (TPSA) is 50.7 Å². The van der Waals surface area contributed by atoms with Gasteiger partial charge in [-0.2, -0.15) is 5.10 Å². The normalized spacial score (nSPS) is 10.9. The number of para-hydroxylation sites is 1. The maximum Gasteiger partial charge on any atom is 0.370 e. The molecule has 0 amide bonds. The Morgan fingerprint density at radius 1 is 1.43 bits per heavy atom. The first-order valence-corrected chi connectivity index (χ1v) is 4.24. The number of nitrogens with zero attached hydrogens (tertiary/aromatic N) is 1. The van der Waals surface area contributed by atoms with Gasteiger partial charge < -0.3 is 4.74 Å². The summed E-state index contributed by atoms with van der Waals surface area (Å²) >= 11 is 5.49. The van der Waals surface area contributed by atoms with Gasteiger partial charge in [0.25, 0.3) is 0 Å². The van der Waals surface area contributed by atoms with Gasteiger partial charge >= 0.3 is 5.97 Å². The Bertz CT molecular complexity index is 338. The molecule has 0 spiro atoms. The van der Waals surface area contributed by atoms with Crippen LogP contribution in [0.15, 0.2) is 35.4 Å². The molecule has 1 N–H and O–H groups in total. The van der Waals surface area contributed by atoms with Crippen molar-refractivity contribution in [2.24, 2.45) is 5.10 Å². The molecule has 0 aliphatic rings. The number of carbonyl (C=O) groups is 1. The number of esters is 1. The van der Waals surface area contributed by atoms with Gasteiger partial charge in [-0.15, -0.1) is 0 Å². The molecular weight excluding hydrogens is 204 g/mol. The van der Waals surface area contributed by atoms with Crippen molar-refractivity contribution in [2.75, 3.05) is 12.5 Å². The van der Waals surface area contributed by atoms with Gasteiger partial charge in [0, 0.05) is 0 Å². The fourth-order valence-corrected chi connectivity index (χ4v) is 0.876. The highest BCUT2D eigenvalue weighted by molar-refractivity contribution is 6.82. The smallest absolute Gasteiger partial charge is 0.370 e. The first-order valence-electron chi connectivity index (χ1n) is 3.86. The highest BCUT2D eigenvalue weighted by atomic mass is 35.5. The molecule has 0 atom stereocenters. The largest absolute Gasteiger partial charge is 0.464 e. The first-order chi connectivity index (χ1) is 6.74. The van der Waals surface area contributed by atoms with Crippen LogP contribution in [-0.2, 0) is 9.53 Å².